The molecule has 3 nitrogen and oxygen atoms in total. The van der Waals surface area contributed by atoms with Gasteiger partial charge in [-0.15, -0.1) is 0 Å². The lowest BCUT2D eigenvalue weighted by Crippen LogP contribution is -2.25. The summed E-state index contributed by atoms with van der Waals surface area (Å²) in [5.74, 6) is 0.106. The molecule has 0 atom stereocenters. The molecule has 0 unspecified atom stereocenters. The summed E-state index contributed by atoms with van der Waals surface area (Å²) in [7, 11) is 0. The number of anilines is 1. The third-order valence-electron chi connectivity index (χ3n) is 2.61. The van der Waals surface area contributed by atoms with Gasteiger partial charge in [0.25, 0.3) is 0 Å². The Labute approximate surface area is 104 Å². The van der Waals surface area contributed by atoms with E-state index >= 15 is 0 Å². The number of nitrogens with zero attached hydrogens (tertiary/aromatic N) is 3. The van der Waals surface area contributed by atoms with Crippen LogP contribution in [0.25, 0.3) is 0 Å². The zero-order valence-corrected chi connectivity index (χ0v) is 10.5. The Kier molecular flexibility index (Phi) is 4.17. The highest BCUT2D eigenvalue weighted by atomic mass is 19.4. The fraction of sp³-hybridized carbons (Fsp3) is 0.500. The van der Waals surface area contributed by atoms with Crippen molar-refractivity contribution in [2.75, 3.05) is 18.0 Å². The Morgan fingerprint density at radius 2 is 1.89 bits per heavy atom. The van der Waals surface area contributed by atoms with Crippen molar-refractivity contribution in [3.8, 4) is 6.07 Å². The van der Waals surface area contributed by atoms with E-state index in [0.29, 0.717) is 13.1 Å². The van der Waals surface area contributed by atoms with Gasteiger partial charge in [-0.3, -0.25) is 0 Å². The summed E-state index contributed by atoms with van der Waals surface area (Å²) < 4.78 is 38.6. The third-order valence-corrected chi connectivity index (χ3v) is 2.61. The molecule has 0 saturated carbocycles. The molecule has 1 aromatic rings. The van der Waals surface area contributed by atoms with Crippen LogP contribution >= 0.6 is 0 Å². The van der Waals surface area contributed by atoms with Gasteiger partial charge in [0.2, 0.25) is 0 Å². The van der Waals surface area contributed by atoms with E-state index in [-0.39, 0.29) is 11.5 Å². The average molecular weight is 257 g/mol. The summed E-state index contributed by atoms with van der Waals surface area (Å²) in [4.78, 5) is 5.70. The predicted molar refractivity (Wildman–Crippen MR) is 62.3 cm³/mol. The van der Waals surface area contributed by atoms with Gasteiger partial charge in [0.15, 0.2) is 0 Å². The lowest BCUT2D eigenvalue weighted by molar-refractivity contribution is -0.137. The van der Waals surface area contributed by atoms with Crippen molar-refractivity contribution in [3.05, 3.63) is 22.9 Å². The monoisotopic (exact) mass is 257 g/mol. The molecule has 0 radical (unpaired) electrons. The summed E-state index contributed by atoms with van der Waals surface area (Å²) in [6.45, 7) is 6.10. The minimum Gasteiger partial charge on any atom is -0.356 e. The van der Waals surface area contributed by atoms with Crippen LogP contribution in [-0.4, -0.2) is 18.1 Å². The quantitative estimate of drug-likeness (QED) is 0.835. The molecule has 18 heavy (non-hydrogen) atoms. The Balaban J connectivity index is 3.53. The average Bonchev–Trinajstić information content (AvgIpc) is 2.29. The van der Waals surface area contributed by atoms with Crippen molar-refractivity contribution in [3.63, 3.8) is 0 Å². The molecule has 0 aliphatic carbocycles. The molecule has 0 amide bonds. The molecule has 1 heterocycles. The molecular formula is C12H14F3N3. The van der Waals surface area contributed by atoms with Crippen LogP contribution < -0.4 is 4.90 Å². The number of rotatable bonds is 3. The number of pyridine rings is 1. The van der Waals surface area contributed by atoms with Crippen molar-refractivity contribution in [2.45, 2.75) is 26.9 Å². The second kappa shape index (κ2) is 5.25. The molecule has 6 heteroatoms. The van der Waals surface area contributed by atoms with Crippen molar-refractivity contribution < 1.29 is 13.2 Å². The fourth-order valence-electron chi connectivity index (χ4n) is 1.74. The Bertz CT molecular complexity index is 471. The van der Waals surface area contributed by atoms with Crippen molar-refractivity contribution >= 4 is 5.82 Å². The summed E-state index contributed by atoms with van der Waals surface area (Å²) in [5.41, 5.74) is -1.07. The molecule has 1 aromatic heterocycles. The molecule has 0 saturated heterocycles. The summed E-state index contributed by atoms with van der Waals surface area (Å²) >= 11 is 0. The van der Waals surface area contributed by atoms with Gasteiger partial charge in [0.1, 0.15) is 17.5 Å². The van der Waals surface area contributed by atoms with E-state index in [0.717, 1.165) is 6.07 Å². The highest BCUT2D eigenvalue weighted by Crippen LogP contribution is 2.35. The number of halogens is 3. The van der Waals surface area contributed by atoms with Crippen molar-refractivity contribution in [1.29, 1.82) is 5.26 Å². The summed E-state index contributed by atoms with van der Waals surface area (Å²) in [6.07, 6.45) is -4.54. The van der Waals surface area contributed by atoms with Gasteiger partial charge < -0.3 is 4.90 Å². The van der Waals surface area contributed by atoms with Gasteiger partial charge in [-0.1, -0.05) is 0 Å². The minimum atomic E-state index is -4.54. The molecule has 0 N–H and O–H groups in total. The van der Waals surface area contributed by atoms with E-state index in [1.165, 1.54) is 6.92 Å². The normalized spacial score (nSPS) is 11.2. The first-order valence-corrected chi connectivity index (χ1v) is 5.59. The number of alkyl halides is 3. The van der Waals surface area contributed by atoms with Gasteiger partial charge in [-0.25, -0.2) is 4.98 Å². The number of hydrogen-bond donors (Lipinski definition) is 0. The van der Waals surface area contributed by atoms with Crippen molar-refractivity contribution in [2.24, 2.45) is 0 Å². The zero-order valence-electron chi connectivity index (χ0n) is 10.5. The smallest absolute Gasteiger partial charge is 0.356 e. The molecule has 0 bridgehead atoms. The van der Waals surface area contributed by atoms with Crippen LogP contribution in [0, 0.1) is 18.3 Å². The van der Waals surface area contributed by atoms with E-state index in [2.05, 4.69) is 4.98 Å². The van der Waals surface area contributed by atoms with Gasteiger partial charge >= 0.3 is 6.18 Å². The van der Waals surface area contributed by atoms with Crippen LogP contribution in [0.5, 0.6) is 0 Å². The molecular weight excluding hydrogens is 243 g/mol. The molecule has 1 rings (SSSR count). The molecule has 0 aliphatic rings. The van der Waals surface area contributed by atoms with Crippen LogP contribution in [0.1, 0.15) is 30.7 Å². The van der Waals surface area contributed by atoms with E-state index in [4.69, 9.17) is 5.26 Å². The first-order chi connectivity index (χ1) is 8.35. The van der Waals surface area contributed by atoms with Crippen LogP contribution in [0.3, 0.4) is 0 Å². The van der Waals surface area contributed by atoms with Crippen molar-refractivity contribution in [1.82, 2.24) is 4.98 Å². The van der Waals surface area contributed by atoms with E-state index in [9.17, 15) is 13.2 Å². The van der Waals surface area contributed by atoms with E-state index < -0.39 is 17.3 Å². The highest BCUT2D eigenvalue weighted by Gasteiger charge is 2.36. The lowest BCUT2D eigenvalue weighted by Gasteiger charge is -2.23. The Morgan fingerprint density at radius 1 is 1.33 bits per heavy atom. The van der Waals surface area contributed by atoms with Crippen LogP contribution in [0.15, 0.2) is 6.07 Å². The number of hydrogen-bond acceptors (Lipinski definition) is 3. The minimum absolute atomic E-state index is 0.106. The molecule has 0 spiro atoms. The second-order valence-corrected chi connectivity index (χ2v) is 3.79. The lowest BCUT2D eigenvalue weighted by atomic mass is 10.1. The maximum absolute atomic E-state index is 12.9. The molecule has 0 fully saturated rings. The summed E-state index contributed by atoms with van der Waals surface area (Å²) in [6, 6.07) is 2.53. The number of aromatic nitrogens is 1. The fourth-order valence-corrected chi connectivity index (χ4v) is 1.74. The highest BCUT2D eigenvalue weighted by molar-refractivity contribution is 5.59. The first-order valence-electron chi connectivity index (χ1n) is 5.59. The SMILES string of the molecule is CCN(CC)c1nc(C)cc(C(F)(F)F)c1C#N. The van der Waals surface area contributed by atoms with Gasteiger partial charge in [-0.2, -0.15) is 18.4 Å². The van der Waals surface area contributed by atoms with Crippen LogP contribution in [0.4, 0.5) is 19.0 Å². The second-order valence-electron chi connectivity index (χ2n) is 3.79. The topological polar surface area (TPSA) is 39.9 Å². The van der Waals surface area contributed by atoms with E-state index in [1.54, 1.807) is 11.0 Å². The van der Waals surface area contributed by atoms with Crippen LogP contribution in [-0.2, 0) is 6.18 Å². The van der Waals surface area contributed by atoms with Gasteiger partial charge in [-0.05, 0) is 26.8 Å². The van der Waals surface area contributed by atoms with Gasteiger partial charge in [0.05, 0.1) is 5.56 Å². The third kappa shape index (κ3) is 2.73. The summed E-state index contributed by atoms with van der Waals surface area (Å²) in [5, 5.41) is 8.98. The van der Waals surface area contributed by atoms with Gasteiger partial charge in [0, 0.05) is 18.8 Å². The first kappa shape index (κ1) is 14.3. The molecule has 0 aromatic carbocycles. The standard InChI is InChI=1S/C12H14F3N3/c1-4-18(5-2)11-9(7-16)10(12(13,14)15)6-8(3)17-11/h6H,4-5H2,1-3H3. The Morgan fingerprint density at radius 3 is 2.28 bits per heavy atom. The maximum atomic E-state index is 12.9. The molecule has 0 aliphatic heterocycles. The number of nitriles is 1. The number of aryl methyl sites for hydroxylation is 1. The maximum Gasteiger partial charge on any atom is 0.417 e. The largest absolute Gasteiger partial charge is 0.417 e. The van der Waals surface area contributed by atoms with Crippen LogP contribution in [0.2, 0.25) is 0 Å². The Hall–Kier alpha value is -1.77. The van der Waals surface area contributed by atoms with E-state index in [1.807, 2.05) is 13.8 Å². The molecule has 98 valence electrons. The zero-order chi connectivity index (χ0) is 13.9. The predicted octanol–water partition coefficient (Wildman–Crippen LogP) is 3.13.